The normalized spacial score (nSPS) is 44.3. The smallest absolute Gasteiger partial charge is 0.217 e. The molecule has 1 amide bonds. The summed E-state index contributed by atoms with van der Waals surface area (Å²) in [6.45, 7) is -0.616. The van der Waals surface area contributed by atoms with E-state index in [1.807, 2.05) is 0 Å². The molecule has 0 aromatic rings. The van der Waals surface area contributed by atoms with Gasteiger partial charge in [0.2, 0.25) is 5.91 Å². The van der Waals surface area contributed by atoms with Crippen molar-refractivity contribution < 1.29 is 31.3 Å². The Hall–Kier alpha value is -0.730. The molecule has 1 aliphatic rings. The zero-order valence-electron chi connectivity index (χ0n) is 9.07. The van der Waals surface area contributed by atoms with Gasteiger partial charge >= 0.3 is 0 Å². The van der Waals surface area contributed by atoms with Crippen LogP contribution < -0.4 is 5.32 Å². The first-order valence-corrected chi connectivity index (χ1v) is 4.41. The highest BCUT2D eigenvalue weighted by atomic mass is 16.6. The number of rotatable bonds is 2. The fraction of sp³-hybridized carbons (Fsp3) is 0.875. The zero-order chi connectivity index (χ0) is 12.5. The van der Waals surface area contributed by atoms with Gasteiger partial charge in [-0.3, -0.25) is 4.79 Å². The largest absolute Gasteiger partial charge is 0.394 e. The van der Waals surface area contributed by atoms with Crippen LogP contribution in [0.25, 0.3) is 0 Å². The molecule has 7 nitrogen and oxygen atoms in total. The number of carbonyl (C=O) groups is 1. The highest BCUT2D eigenvalue weighted by Crippen LogP contribution is 2.19. The summed E-state index contributed by atoms with van der Waals surface area (Å²) in [5.74, 6) is -0.510. The van der Waals surface area contributed by atoms with E-state index in [0.717, 1.165) is 0 Å². The van der Waals surface area contributed by atoms with Gasteiger partial charge in [0.25, 0.3) is 0 Å². The fourth-order valence-electron chi connectivity index (χ4n) is 1.42. The van der Waals surface area contributed by atoms with Crippen LogP contribution in [0.2, 0.25) is 0 Å². The maximum absolute atomic E-state index is 10.8. The predicted octanol–water partition coefficient (Wildman–Crippen LogP) is -3.08. The van der Waals surface area contributed by atoms with Crippen molar-refractivity contribution in [2.75, 3.05) is 6.58 Å². The molecule has 0 aliphatic carbocycles. The van der Waals surface area contributed by atoms with Crippen molar-refractivity contribution in [2.45, 2.75) is 37.6 Å². The average Bonchev–Trinajstić information content (AvgIpc) is 2.17. The van der Waals surface area contributed by atoms with Crippen LogP contribution in [0.1, 0.15) is 8.29 Å². The van der Waals surface area contributed by atoms with Crippen LogP contribution in [0.4, 0.5) is 0 Å². The molecule has 1 heterocycles. The molecule has 7 heteroatoms. The van der Waals surface area contributed by atoms with Gasteiger partial charge in [-0.25, -0.2) is 0 Å². The lowest BCUT2D eigenvalue weighted by atomic mass is 9.97. The van der Waals surface area contributed by atoms with E-state index in [1.54, 1.807) is 0 Å². The van der Waals surface area contributed by atoms with E-state index < -0.39 is 43.1 Å². The molecule has 0 aromatic heterocycles. The summed E-state index contributed by atoms with van der Waals surface area (Å²) in [7, 11) is 0. The molecule has 88 valence electrons. The second kappa shape index (κ2) is 4.86. The number of amides is 1. The predicted molar refractivity (Wildman–Crippen MR) is 47.6 cm³/mol. The summed E-state index contributed by atoms with van der Waals surface area (Å²) >= 11 is 0. The van der Waals surface area contributed by atoms with Crippen molar-refractivity contribution in [1.82, 2.24) is 5.32 Å². The topological polar surface area (TPSA) is 119 Å². The Morgan fingerprint density at radius 3 is 2.53 bits per heavy atom. The number of aliphatic hydroxyl groups is 4. The molecule has 1 rings (SSSR count). The third kappa shape index (κ3) is 2.64. The van der Waals surface area contributed by atoms with Crippen molar-refractivity contribution in [1.29, 1.82) is 0 Å². The standard InChI is InChI=1S/C8H15NO6/c1-3(11)9-5-7(13)6(12)4(2-10)15-8(5)14/h4-8,10,12-14H,2H2,1H3,(H,9,11)/t4-,5-,6+,7-,8?/m1/s1/i2D/t2?,4-,5-,6+,7-,8?. The monoisotopic (exact) mass is 222 g/mol. The SMILES string of the molecule is [2H]C(O)[C@H]1OC(O)[C@H](NC(C)=O)[C@@H](O)[C@H]1O. The van der Waals surface area contributed by atoms with Gasteiger partial charge in [-0.1, -0.05) is 0 Å². The van der Waals surface area contributed by atoms with Gasteiger partial charge < -0.3 is 30.5 Å². The fourth-order valence-corrected chi connectivity index (χ4v) is 1.42. The van der Waals surface area contributed by atoms with E-state index >= 15 is 0 Å². The molecule has 0 aromatic carbocycles. The van der Waals surface area contributed by atoms with Crippen molar-refractivity contribution in [2.24, 2.45) is 0 Å². The minimum atomic E-state index is -1.79. The van der Waals surface area contributed by atoms with Gasteiger partial charge in [-0.15, -0.1) is 0 Å². The number of nitrogens with one attached hydrogen (secondary N) is 1. The second-order valence-corrected chi connectivity index (χ2v) is 3.35. The second-order valence-electron chi connectivity index (χ2n) is 3.35. The molecule has 1 fully saturated rings. The molecule has 2 unspecified atom stereocenters. The van der Waals surface area contributed by atoms with E-state index in [2.05, 4.69) is 5.32 Å². The quantitative estimate of drug-likeness (QED) is 0.338. The summed E-state index contributed by atoms with van der Waals surface area (Å²) < 4.78 is 11.7. The van der Waals surface area contributed by atoms with Crippen molar-refractivity contribution in [3.63, 3.8) is 0 Å². The highest BCUT2D eigenvalue weighted by Gasteiger charge is 2.43. The molecule has 0 radical (unpaired) electrons. The lowest BCUT2D eigenvalue weighted by molar-refractivity contribution is -0.253. The van der Waals surface area contributed by atoms with Gasteiger partial charge in [0.15, 0.2) is 6.29 Å². The van der Waals surface area contributed by atoms with Crippen molar-refractivity contribution >= 4 is 5.91 Å². The molecule has 0 spiro atoms. The third-order valence-corrected chi connectivity index (χ3v) is 2.18. The van der Waals surface area contributed by atoms with E-state index in [0.29, 0.717) is 0 Å². The average molecular weight is 222 g/mol. The van der Waals surface area contributed by atoms with E-state index in [9.17, 15) is 20.1 Å². The van der Waals surface area contributed by atoms with E-state index in [1.165, 1.54) is 6.92 Å². The first kappa shape index (κ1) is 10.8. The molecule has 0 saturated carbocycles. The molecule has 5 N–H and O–H groups in total. The summed E-state index contributed by atoms with van der Waals surface area (Å²) in [6, 6.07) is -1.19. The van der Waals surface area contributed by atoms with Crippen LogP contribution in [-0.4, -0.2) is 63.6 Å². The Kier molecular flexibility index (Phi) is 3.49. The van der Waals surface area contributed by atoms with Crippen LogP contribution in [0, 0.1) is 0 Å². The third-order valence-electron chi connectivity index (χ3n) is 2.18. The molecule has 15 heavy (non-hydrogen) atoms. The van der Waals surface area contributed by atoms with Crippen LogP contribution >= 0.6 is 0 Å². The summed E-state index contributed by atoms with van der Waals surface area (Å²) in [4.78, 5) is 10.8. The van der Waals surface area contributed by atoms with Crippen LogP contribution in [0.3, 0.4) is 0 Å². The molecule has 1 saturated heterocycles. The number of carbonyl (C=O) groups excluding carboxylic acids is 1. The van der Waals surface area contributed by atoms with Crippen LogP contribution in [0.15, 0.2) is 0 Å². The van der Waals surface area contributed by atoms with Crippen LogP contribution in [0.5, 0.6) is 0 Å². The molecule has 6 atom stereocenters. The molecular weight excluding hydrogens is 206 g/mol. The highest BCUT2D eigenvalue weighted by molar-refractivity contribution is 5.73. The van der Waals surface area contributed by atoms with Crippen LogP contribution in [-0.2, 0) is 9.53 Å². The maximum Gasteiger partial charge on any atom is 0.217 e. The van der Waals surface area contributed by atoms with Crippen molar-refractivity contribution in [3.05, 3.63) is 0 Å². The number of aliphatic hydroxyl groups excluding tert-OH is 4. The van der Waals surface area contributed by atoms with Gasteiger partial charge in [0.1, 0.15) is 24.4 Å². The minimum Gasteiger partial charge on any atom is -0.394 e. The maximum atomic E-state index is 10.8. The first-order valence-electron chi connectivity index (χ1n) is 4.99. The summed E-state index contributed by atoms with van der Waals surface area (Å²) in [5.41, 5.74) is 0. The summed E-state index contributed by atoms with van der Waals surface area (Å²) in [6.07, 6.45) is -6.09. The Balaban J connectivity index is 2.75. The lowest BCUT2D eigenvalue weighted by Gasteiger charge is -2.40. The van der Waals surface area contributed by atoms with Gasteiger partial charge in [-0.2, -0.15) is 0 Å². The van der Waals surface area contributed by atoms with E-state index in [4.69, 9.17) is 11.2 Å². The lowest BCUT2D eigenvalue weighted by Crippen LogP contribution is -2.63. The molecule has 1 aliphatic heterocycles. The Bertz CT molecular complexity index is 263. The number of hydrogen-bond acceptors (Lipinski definition) is 6. The van der Waals surface area contributed by atoms with E-state index in [-0.39, 0.29) is 0 Å². The summed E-state index contributed by atoms with van der Waals surface area (Å²) in [5, 5.41) is 39.6. The number of ether oxygens (including phenoxy) is 1. The number of hydrogen-bond donors (Lipinski definition) is 5. The minimum absolute atomic E-state index is 0.510. The van der Waals surface area contributed by atoms with Gasteiger partial charge in [0, 0.05) is 6.92 Å². The zero-order valence-corrected chi connectivity index (χ0v) is 8.07. The Labute approximate surface area is 87.7 Å². The molecule has 0 bridgehead atoms. The van der Waals surface area contributed by atoms with Crippen molar-refractivity contribution in [3.8, 4) is 0 Å². The Morgan fingerprint density at radius 2 is 2.07 bits per heavy atom. The van der Waals surface area contributed by atoms with Gasteiger partial charge in [0.05, 0.1) is 7.95 Å². The first-order chi connectivity index (χ1) is 7.34. The Morgan fingerprint density at radius 1 is 1.47 bits per heavy atom. The van der Waals surface area contributed by atoms with Gasteiger partial charge in [-0.05, 0) is 0 Å². The molecular formula is C8H15NO6.